The van der Waals surface area contributed by atoms with Crippen LogP contribution in [-0.4, -0.2) is 62.8 Å². The molecule has 2 atom stereocenters. The predicted molar refractivity (Wildman–Crippen MR) is 125 cm³/mol. The Balaban J connectivity index is 1.86. The van der Waals surface area contributed by atoms with E-state index in [0.717, 1.165) is 12.0 Å². The van der Waals surface area contributed by atoms with E-state index in [-0.39, 0.29) is 35.2 Å². The molecular formula is C22H32N6O4S+2. The lowest BCUT2D eigenvalue weighted by atomic mass is 9.97. The number of carboxylic acid groups (broad SMARTS) is 1. The minimum absolute atomic E-state index is 0.0437. The lowest BCUT2D eigenvalue weighted by Crippen LogP contribution is -2.60. The largest absolute Gasteiger partial charge is 0.477 e. The molecule has 1 fully saturated rings. The van der Waals surface area contributed by atoms with Crippen LogP contribution in [0.5, 0.6) is 0 Å². The number of β-lactam (4-membered cyclic amide) rings is 1. The molecule has 1 saturated heterocycles. The van der Waals surface area contributed by atoms with Crippen molar-refractivity contribution >= 4 is 35.8 Å². The van der Waals surface area contributed by atoms with Crippen molar-refractivity contribution in [3.05, 3.63) is 46.2 Å². The van der Waals surface area contributed by atoms with E-state index in [9.17, 15) is 19.5 Å². The fraction of sp³-hybridized carbons (Fsp3) is 0.455. The molecule has 0 spiro atoms. The number of carbonyl (C=O) groups excluding carboxylic acids is 2. The number of fused-ring (bicyclic) bond motifs is 1. The first-order valence-corrected chi connectivity index (χ1v) is 11.9. The van der Waals surface area contributed by atoms with Crippen LogP contribution >= 0.6 is 11.8 Å². The van der Waals surface area contributed by atoms with Crippen molar-refractivity contribution in [3.8, 4) is 0 Å². The summed E-state index contributed by atoms with van der Waals surface area (Å²) in [7, 11) is 0. The van der Waals surface area contributed by atoms with Gasteiger partial charge in [-0.1, -0.05) is 13.0 Å². The van der Waals surface area contributed by atoms with Gasteiger partial charge in [-0.2, -0.15) is 0 Å². The van der Waals surface area contributed by atoms with Gasteiger partial charge in [0.15, 0.2) is 5.70 Å². The van der Waals surface area contributed by atoms with Crippen molar-refractivity contribution in [1.29, 1.82) is 0 Å². The Bertz CT molecular complexity index is 1030. The van der Waals surface area contributed by atoms with Gasteiger partial charge in [-0.3, -0.25) is 20.2 Å². The van der Waals surface area contributed by atoms with Crippen LogP contribution in [0.1, 0.15) is 33.1 Å². The number of quaternary nitrogens is 1. The van der Waals surface area contributed by atoms with Crippen LogP contribution in [0.4, 0.5) is 0 Å². The first-order chi connectivity index (χ1) is 15.7. The first kappa shape index (κ1) is 24.6. The molecular weight excluding hydrogens is 444 g/mol. The summed E-state index contributed by atoms with van der Waals surface area (Å²) in [6.07, 6.45) is 7.15. The fourth-order valence-electron chi connectivity index (χ4n) is 3.97. The van der Waals surface area contributed by atoms with E-state index in [1.165, 1.54) is 4.90 Å². The molecule has 0 aromatic heterocycles. The summed E-state index contributed by atoms with van der Waals surface area (Å²) >= 11 is 1.56. The summed E-state index contributed by atoms with van der Waals surface area (Å²) in [5, 5.41) is 12.4. The number of hydrogen-bond acceptors (Lipinski definition) is 6. The number of thioether (sulfide) groups is 1. The molecule has 0 aromatic carbocycles. The number of nitrogens with one attached hydrogen (secondary N) is 1. The van der Waals surface area contributed by atoms with Gasteiger partial charge < -0.3 is 21.9 Å². The SMILES string of the molecule is C\C1=C(N)/C(NC(=O)CC[NH3+])=C(N)\[N+](C/C=C/C2=C(C(=O)O)N3C(=O)[C@@H](C)C3SC2)=C/CC1. The van der Waals surface area contributed by atoms with Crippen LogP contribution in [0.25, 0.3) is 0 Å². The molecule has 0 bridgehead atoms. The Hall–Kier alpha value is -3.05. The van der Waals surface area contributed by atoms with Gasteiger partial charge in [0.1, 0.15) is 12.2 Å². The Morgan fingerprint density at radius 3 is 2.82 bits per heavy atom. The van der Waals surface area contributed by atoms with E-state index in [1.54, 1.807) is 28.5 Å². The maximum Gasteiger partial charge on any atom is 0.352 e. The molecule has 1 unspecified atom stereocenters. The molecule has 2 amide bonds. The van der Waals surface area contributed by atoms with Crippen molar-refractivity contribution in [2.45, 2.75) is 38.5 Å². The zero-order valence-corrected chi connectivity index (χ0v) is 19.8. The number of carboxylic acids is 1. The molecule has 11 heteroatoms. The quantitative estimate of drug-likeness (QED) is 0.242. The average molecular weight is 477 g/mol. The monoisotopic (exact) mass is 476 g/mol. The summed E-state index contributed by atoms with van der Waals surface area (Å²) in [5.41, 5.74) is 18.8. The smallest absolute Gasteiger partial charge is 0.352 e. The molecule has 0 saturated carbocycles. The van der Waals surface area contributed by atoms with Crippen LogP contribution in [0, 0.1) is 5.92 Å². The molecule has 3 heterocycles. The highest BCUT2D eigenvalue weighted by molar-refractivity contribution is 8.00. The van der Waals surface area contributed by atoms with Gasteiger partial charge in [-0.05, 0) is 30.6 Å². The first-order valence-electron chi connectivity index (χ1n) is 10.9. The Morgan fingerprint density at radius 1 is 1.42 bits per heavy atom. The van der Waals surface area contributed by atoms with E-state index in [1.807, 2.05) is 20.1 Å². The number of nitrogens with two attached hydrogens (primary N) is 2. The van der Waals surface area contributed by atoms with Gasteiger partial charge in [0.2, 0.25) is 11.8 Å². The molecule has 0 aliphatic carbocycles. The number of carbonyl (C=O) groups is 3. The second kappa shape index (κ2) is 10.3. The van der Waals surface area contributed by atoms with Crippen LogP contribution in [-0.2, 0) is 14.4 Å². The van der Waals surface area contributed by atoms with Gasteiger partial charge in [0.25, 0.3) is 5.82 Å². The zero-order valence-electron chi connectivity index (χ0n) is 19.0. The van der Waals surface area contributed by atoms with Crippen molar-refractivity contribution in [2.75, 3.05) is 18.8 Å². The zero-order chi connectivity index (χ0) is 24.3. The third-order valence-electron chi connectivity index (χ3n) is 5.92. The van der Waals surface area contributed by atoms with Crippen LogP contribution in [0.3, 0.4) is 0 Å². The maximum atomic E-state index is 12.2. The normalized spacial score (nSPS) is 29.7. The van der Waals surface area contributed by atoms with Gasteiger partial charge in [-0.15, -0.1) is 11.8 Å². The summed E-state index contributed by atoms with van der Waals surface area (Å²) in [4.78, 5) is 37.7. The number of rotatable bonds is 7. The second-order valence-corrected chi connectivity index (χ2v) is 9.36. The standard InChI is InChI=1S/C22H30N6O4S/c1-12-5-3-9-27(19(25)17(16(12)24)26-15(29)7-8-23)10-4-6-14-11-33-21-13(2)20(30)28(21)18(14)22(31)32/h4,6,9,13,21H,3,5,7-8,10-11,23-25H2,1-2H3,(H-,26,29,31,32)/p+2/b6-4+,16-12-,19-17+,27-9-/t13-,21?/m1/s1. The minimum Gasteiger partial charge on any atom is -0.477 e. The van der Waals surface area contributed by atoms with Crippen LogP contribution in [0.15, 0.2) is 46.2 Å². The van der Waals surface area contributed by atoms with Gasteiger partial charge >= 0.3 is 5.97 Å². The molecule has 33 heavy (non-hydrogen) atoms. The van der Waals surface area contributed by atoms with E-state index in [2.05, 4.69) is 11.1 Å². The highest BCUT2D eigenvalue weighted by atomic mass is 32.2. The molecule has 0 aromatic rings. The third kappa shape index (κ3) is 4.98. The summed E-state index contributed by atoms with van der Waals surface area (Å²) in [6.45, 7) is 4.53. The fourth-order valence-corrected chi connectivity index (χ4v) is 5.32. The highest BCUT2D eigenvalue weighted by Gasteiger charge is 2.50. The number of nitrogens with zero attached hydrogens (tertiary/aromatic N) is 2. The van der Waals surface area contributed by atoms with E-state index in [0.29, 0.717) is 48.1 Å². The van der Waals surface area contributed by atoms with Crippen molar-refractivity contribution < 1.29 is 29.8 Å². The Kier molecular flexibility index (Phi) is 7.65. The van der Waals surface area contributed by atoms with Crippen molar-refractivity contribution in [1.82, 2.24) is 10.2 Å². The molecule has 178 valence electrons. The third-order valence-corrected chi connectivity index (χ3v) is 7.36. The lowest BCUT2D eigenvalue weighted by molar-refractivity contribution is -0.465. The van der Waals surface area contributed by atoms with Gasteiger partial charge in [0, 0.05) is 12.2 Å². The predicted octanol–water partition coefficient (Wildman–Crippen LogP) is -0.582. The number of aliphatic carboxylic acids is 1. The second-order valence-electron chi connectivity index (χ2n) is 8.26. The van der Waals surface area contributed by atoms with E-state index in [4.69, 9.17) is 11.5 Å². The summed E-state index contributed by atoms with van der Waals surface area (Å²) in [5.74, 6) is -0.845. The molecule has 0 radical (unpaired) electrons. The number of allylic oxidation sites excluding steroid dienone is 2. The minimum atomic E-state index is -1.11. The van der Waals surface area contributed by atoms with Crippen molar-refractivity contribution in [2.24, 2.45) is 17.4 Å². The van der Waals surface area contributed by atoms with E-state index >= 15 is 0 Å². The van der Waals surface area contributed by atoms with Crippen LogP contribution < -0.4 is 22.5 Å². The number of hydrogen-bond donors (Lipinski definition) is 5. The Morgan fingerprint density at radius 2 is 2.15 bits per heavy atom. The van der Waals surface area contributed by atoms with Gasteiger partial charge in [0.05, 0.1) is 36.2 Å². The average Bonchev–Trinajstić information content (AvgIpc) is 2.79. The highest BCUT2D eigenvalue weighted by Crippen LogP contribution is 2.43. The Labute approximate surface area is 196 Å². The van der Waals surface area contributed by atoms with E-state index < -0.39 is 5.97 Å². The lowest BCUT2D eigenvalue weighted by Gasteiger charge is -2.48. The van der Waals surface area contributed by atoms with Crippen molar-refractivity contribution in [3.63, 3.8) is 0 Å². The van der Waals surface area contributed by atoms with Crippen LogP contribution in [0.2, 0.25) is 0 Å². The molecule has 3 rings (SSSR count). The summed E-state index contributed by atoms with van der Waals surface area (Å²) in [6, 6.07) is 0. The molecule has 3 aliphatic rings. The molecule has 10 nitrogen and oxygen atoms in total. The molecule has 9 N–H and O–H groups in total. The topological polar surface area (TPSA) is 169 Å². The number of amides is 2. The van der Waals surface area contributed by atoms with Gasteiger partial charge in [-0.25, -0.2) is 9.37 Å². The summed E-state index contributed by atoms with van der Waals surface area (Å²) < 4.78 is 1.78. The maximum absolute atomic E-state index is 12.2. The molecule has 3 aliphatic heterocycles.